The molecule has 96 valence electrons. The zero-order valence-electron chi connectivity index (χ0n) is 10.6. The van der Waals surface area contributed by atoms with Gasteiger partial charge >= 0.3 is 6.09 Å². The minimum atomic E-state index is -1.18. The molecule has 1 fully saturated rings. The molecule has 1 amide bonds. The van der Waals surface area contributed by atoms with Crippen LogP contribution in [0.1, 0.15) is 40.0 Å². The summed E-state index contributed by atoms with van der Waals surface area (Å²) in [5.41, 5.74) is -0.578. The number of nitrogens with zero attached hydrogens (tertiary/aromatic N) is 1. The summed E-state index contributed by atoms with van der Waals surface area (Å²) in [7, 11) is 0. The Morgan fingerprint density at radius 3 is 2.59 bits per heavy atom. The number of alkyl carbamates (subject to hydrolysis) is 1. The maximum Gasteiger partial charge on any atom is 0.407 e. The van der Waals surface area contributed by atoms with Crippen molar-refractivity contribution < 1.29 is 14.6 Å². The number of carbonyl (C=O) groups excluding carboxylic acids is 1. The summed E-state index contributed by atoms with van der Waals surface area (Å²) in [6, 6.07) is 1.21. The summed E-state index contributed by atoms with van der Waals surface area (Å²) in [6.07, 6.45) is 1.07. The van der Waals surface area contributed by atoms with E-state index in [9.17, 15) is 9.90 Å². The molecule has 1 aliphatic rings. The topological polar surface area (TPSA) is 82.3 Å². The van der Waals surface area contributed by atoms with Gasteiger partial charge < -0.3 is 15.2 Å². The van der Waals surface area contributed by atoms with Crippen molar-refractivity contribution in [2.75, 3.05) is 0 Å². The third-order valence-electron chi connectivity index (χ3n) is 2.50. The number of aliphatic hydroxyl groups is 1. The maximum absolute atomic E-state index is 11.5. The Hall–Kier alpha value is -1.28. The van der Waals surface area contributed by atoms with Crippen molar-refractivity contribution in [2.45, 2.75) is 57.8 Å². The molecule has 0 aliphatic heterocycles. The first-order chi connectivity index (χ1) is 7.81. The number of hydrogen-bond donors (Lipinski definition) is 2. The highest BCUT2D eigenvalue weighted by Gasteiger charge is 2.31. The van der Waals surface area contributed by atoms with Gasteiger partial charge in [0, 0.05) is 0 Å². The van der Waals surface area contributed by atoms with Gasteiger partial charge in [-0.2, -0.15) is 5.26 Å². The van der Waals surface area contributed by atoms with E-state index in [1.807, 2.05) is 0 Å². The van der Waals surface area contributed by atoms with Gasteiger partial charge in [-0.25, -0.2) is 4.79 Å². The summed E-state index contributed by atoms with van der Waals surface area (Å²) >= 11 is 0. The van der Waals surface area contributed by atoms with E-state index in [0.717, 1.165) is 12.8 Å². The second-order valence-electron chi connectivity index (χ2n) is 5.51. The fourth-order valence-electron chi connectivity index (χ4n) is 1.53. The minimum absolute atomic E-state index is 0.512. The van der Waals surface area contributed by atoms with Crippen LogP contribution in [0, 0.1) is 17.2 Å². The number of carbonyl (C=O) groups is 1. The van der Waals surface area contributed by atoms with Crippen molar-refractivity contribution in [1.29, 1.82) is 5.26 Å². The second kappa shape index (κ2) is 5.37. The zero-order chi connectivity index (χ0) is 13.1. The van der Waals surface area contributed by atoms with E-state index in [-0.39, 0.29) is 0 Å². The van der Waals surface area contributed by atoms with Crippen LogP contribution in [-0.2, 0) is 4.74 Å². The summed E-state index contributed by atoms with van der Waals surface area (Å²) in [4.78, 5) is 11.5. The van der Waals surface area contributed by atoms with Crippen LogP contribution in [0.25, 0.3) is 0 Å². The van der Waals surface area contributed by atoms with Crippen LogP contribution in [0.15, 0.2) is 0 Å². The van der Waals surface area contributed by atoms with E-state index in [4.69, 9.17) is 10.00 Å². The lowest BCUT2D eigenvalue weighted by molar-refractivity contribution is 0.0450. The molecule has 0 aromatic carbocycles. The Morgan fingerprint density at radius 1 is 1.59 bits per heavy atom. The van der Waals surface area contributed by atoms with E-state index in [0.29, 0.717) is 12.3 Å². The molecule has 2 N–H and O–H groups in total. The Balaban J connectivity index is 2.47. The molecule has 1 aliphatic carbocycles. The summed E-state index contributed by atoms with van der Waals surface area (Å²) in [5, 5.41) is 20.8. The predicted molar refractivity (Wildman–Crippen MR) is 62.1 cm³/mol. The molecule has 0 radical (unpaired) electrons. The molecule has 2 unspecified atom stereocenters. The van der Waals surface area contributed by atoms with Crippen molar-refractivity contribution in [3.63, 3.8) is 0 Å². The van der Waals surface area contributed by atoms with Crippen molar-refractivity contribution in [1.82, 2.24) is 5.32 Å². The molecule has 0 aromatic heterocycles. The Morgan fingerprint density at radius 2 is 2.18 bits per heavy atom. The number of amides is 1. The smallest absolute Gasteiger partial charge is 0.407 e. The van der Waals surface area contributed by atoms with Gasteiger partial charge in [0.05, 0.1) is 12.1 Å². The van der Waals surface area contributed by atoms with E-state index < -0.39 is 23.8 Å². The van der Waals surface area contributed by atoms with Crippen LogP contribution < -0.4 is 5.32 Å². The number of nitrogens with one attached hydrogen (secondary N) is 1. The van der Waals surface area contributed by atoms with Crippen LogP contribution >= 0.6 is 0 Å². The van der Waals surface area contributed by atoms with E-state index in [1.165, 1.54) is 0 Å². The molecule has 5 nitrogen and oxygen atoms in total. The van der Waals surface area contributed by atoms with Gasteiger partial charge in [-0.3, -0.25) is 0 Å². The zero-order valence-corrected chi connectivity index (χ0v) is 10.6. The van der Waals surface area contributed by atoms with Gasteiger partial charge in [0.25, 0.3) is 0 Å². The predicted octanol–water partition coefficient (Wildman–Crippen LogP) is 1.56. The molecular formula is C12H20N2O3. The van der Waals surface area contributed by atoms with Gasteiger partial charge in [-0.05, 0) is 33.1 Å². The molecule has 0 saturated heterocycles. The molecule has 0 bridgehead atoms. The normalized spacial score (nSPS) is 19.0. The third-order valence-corrected chi connectivity index (χ3v) is 2.50. The van der Waals surface area contributed by atoms with Crippen molar-refractivity contribution in [3.8, 4) is 6.07 Å². The first kappa shape index (κ1) is 13.8. The van der Waals surface area contributed by atoms with Crippen molar-refractivity contribution >= 4 is 6.09 Å². The molecule has 1 saturated carbocycles. The molecule has 5 heteroatoms. The molecular weight excluding hydrogens is 220 g/mol. The number of aliphatic hydroxyl groups excluding tert-OH is 1. The highest BCUT2D eigenvalue weighted by molar-refractivity contribution is 5.68. The number of hydrogen-bond acceptors (Lipinski definition) is 4. The fourth-order valence-corrected chi connectivity index (χ4v) is 1.53. The van der Waals surface area contributed by atoms with E-state index in [2.05, 4.69) is 5.32 Å². The number of ether oxygens (including phenoxy) is 1. The van der Waals surface area contributed by atoms with E-state index in [1.54, 1.807) is 26.8 Å². The first-order valence-corrected chi connectivity index (χ1v) is 5.89. The Kier molecular flexibility index (Phi) is 4.35. The summed E-state index contributed by atoms with van der Waals surface area (Å²) < 4.78 is 5.09. The van der Waals surface area contributed by atoms with Crippen LogP contribution in [0.3, 0.4) is 0 Å². The second-order valence-corrected chi connectivity index (χ2v) is 5.51. The van der Waals surface area contributed by atoms with Gasteiger partial charge in [0.2, 0.25) is 0 Å². The molecule has 2 atom stereocenters. The Bertz CT molecular complexity index is 313. The average Bonchev–Trinajstić information content (AvgIpc) is 2.96. The van der Waals surface area contributed by atoms with Crippen LogP contribution in [0.2, 0.25) is 0 Å². The van der Waals surface area contributed by atoms with Gasteiger partial charge in [0.1, 0.15) is 5.60 Å². The molecule has 0 aromatic rings. The largest absolute Gasteiger partial charge is 0.444 e. The number of rotatable bonds is 4. The van der Waals surface area contributed by atoms with Crippen LogP contribution in [0.4, 0.5) is 4.79 Å². The van der Waals surface area contributed by atoms with Crippen LogP contribution in [-0.4, -0.2) is 28.9 Å². The number of nitriles is 1. The Labute approximate surface area is 102 Å². The van der Waals surface area contributed by atoms with Gasteiger partial charge in [-0.15, -0.1) is 0 Å². The van der Waals surface area contributed by atoms with Gasteiger partial charge in [0.15, 0.2) is 6.10 Å². The lowest BCUT2D eigenvalue weighted by Crippen LogP contribution is -2.45. The summed E-state index contributed by atoms with van der Waals surface area (Å²) in [5.74, 6) is 0.512. The molecule has 17 heavy (non-hydrogen) atoms. The third kappa shape index (κ3) is 5.55. The monoisotopic (exact) mass is 240 g/mol. The van der Waals surface area contributed by atoms with Crippen molar-refractivity contribution in [2.24, 2.45) is 5.92 Å². The summed E-state index contributed by atoms with van der Waals surface area (Å²) in [6.45, 7) is 5.30. The lowest BCUT2D eigenvalue weighted by atomic mass is 10.1. The minimum Gasteiger partial charge on any atom is -0.444 e. The van der Waals surface area contributed by atoms with Crippen molar-refractivity contribution in [3.05, 3.63) is 0 Å². The van der Waals surface area contributed by atoms with E-state index >= 15 is 0 Å². The van der Waals surface area contributed by atoms with Crippen LogP contribution in [0.5, 0.6) is 0 Å². The SMILES string of the molecule is CC(C)(C)OC(=O)NC(CC1CC1)C(O)C#N. The molecule has 0 heterocycles. The first-order valence-electron chi connectivity index (χ1n) is 5.89. The molecule has 1 rings (SSSR count). The standard InChI is InChI=1S/C12H20N2O3/c1-12(2,3)17-11(16)14-9(10(15)7-13)6-8-4-5-8/h8-10,15H,4-6H2,1-3H3,(H,14,16). The quantitative estimate of drug-likeness (QED) is 0.731. The van der Waals surface area contributed by atoms with Gasteiger partial charge in [-0.1, -0.05) is 12.8 Å². The highest BCUT2D eigenvalue weighted by Crippen LogP contribution is 2.34. The fraction of sp³-hybridized carbons (Fsp3) is 0.833. The maximum atomic E-state index is 11.5. The average molecular weight is 240 g/mol. The molecule has 0 spiro atoms. The lowest BCUT2D eigenvalue weighted by Gasteiger charge is -2.24. The highest BCUT2D eigenvalue weighted by atomic mass is 16.6.